The van der Waals surface area contributed by atoms with E-state index in [-0.39, 0.29) is 5.91 Å². The fraction of sp³-hybridized carbons (Fsp3) is 0.423. The second kappa shape index (κ2) is 7.35. The van der Waals surface area contributed by atoms with E-state index in [0.717, 1.165) is 30.1 Å². The predicted molar refractivity (Wildman–Crippen MR) is 117 cm³/mol. The summed E-state index contributed by atoms with van der Waals surface area (Å²) in [5.41, 5.74) is 5.07. The zero-order valence-corrected chi connectivity index (χ0v) is 17.1. The lowest BCUT2D eigenvalue weighted by atomic mass is 9.52. The van der Waals surface area contributed by atoms with E-state index in [9.17, 15) is 4.79 Å². The minimum absolute atomic E-state index is 0.149. The van der Waals surface area contributed by atoms with Crippen LogP contribution in [0.5, 0.6) is 0 Å². The first kappa shape index (κ1) is 18.5. The first-order chi connectivity index (χ1) is 14.2. The average molecular weight is 385 g/mol. The Kier molecular flexibility index (Phi) is 4.68. The molecule has 1 saturated heterocycles. The molecule has 29 heavy (non-hydrogen) atoms. The molecule has 1 amide bonds. The highest BCUT2D eigenvalue weighted by Crippen LogP contribution is 2.55. The summed E-state index contributed by atoms with van der Waals surface area (Å²) in [6.45, 7) is 1.11. The van der Waals surface area contributed by atoms with Crippen LogP contribution in [-0.4, -0.2) is 25.5 Å². The minimum Gasteiger partial charge on any atom is -0.313 e. The van der Waals surface area contributed by atoms with Crippen LogP contribution in [0.1, 0.15) is 48.8 Å². The largest absolute Gasteiger partial charge is 0.313 e. The van der Waals surface area contributed by atoms with Gasteiger partial charge in [0, 0.05) is 35.7 Å². The molecule has 2 aliphatic carbocycles. The van der Waals surface area contributed by atoms with Gasteiger partial charge in [0.2, 0.25) is 0 Å². The van der Waals surface area contributed by atoms with Gasteiger partial charge in [0.05, 0.1) is 0 Å². The number of nitrogens with one attached hydrogen (secondary N) is 1. The van der Waals surface area contributed by atoms with Gasteiger partial charge in [-0.05, 0) is 67.5 Å². The number of nitrogens with zero attached hydrogens (tertiary/aromatic N) is 1. The van der Waals surface area contributed by atoms with E-state index in [2.05, 4.69) is 35.4 Å². The molecule has 2 fully saturated rings. The number of carbonyl (C=O) groups excluding carboxylic acids is 1. The van der Waals surface area contributed by atoms with E-state index in [1.165, 1.54) is 43.2 Å². The van der Waals surface area contributed by atoms with Crippen molar-refractivity contribution < 1.29 is 4.79 Å². The van der Waals surface area contributed by atoms with Crippen molar-refractivity contribution in [2.75, 3.05) is 18.5 Å². The molecule has 1 saturated carbocycles. The van der Waals surface area contributed by atoms with Crippen molar-refractivity contribution in [1.29, 1.82) is 0 Å². The summed E-state index contributed by atoms with van der Waals surface area (Å²) < 4.78 is 0. The lowest BCUT2D eigenvalue weighted by molar-refractivity contribution is -0.113. The van der Waals surface area contributed by atoms with Crippen molar-refractivity contribution in [3.8, 4) is 11.8 Å². The van der Waals surface area contributed by atoms with Gasteiger partial charge in [-0.3, -0.25) is 4.79 Å². The maximum atomic E-state index is 12.9. The van der Waals surface area contributed by atoms with Gasteiger partial charge in [-0.2, -0.15) is 0 Å². The molecule has 3 heteroatoms. The average Bonchev–Trinajstić information content (AvgIpc) is 2.77. The van der Waals surface area contributed by atoms with Gasteiger partial charge in [0.15, 0.2) is 0 Å². The molecular formula is C26H28N2O. The van der Waals surface area contributed by atoms with Crippen LogP contribution in [0.4, 0.5) is 5.69 Å². The number of hydrogen-bond donors (Lipinski definition) is 1. The Hall–Kier alpha value is -2.57. The van der Waals surface area contributed by atoms with Crippen molar-refractivity contribution in [2.45, 2.75) is 50.0 Å². The fourth-order valence-corrected chi connectivity index (χ4v) is 6.10. The Morgan fingerprint density at radius 2 is 1.97 bits per heavy atom. The molecule has 2 aromatic carbocycles. The van der Waals surface area contributed by atoms with Crippen LogP contribution in [0.3, 0.4) is 0 Å². The lowest BCUT2D eigenvalue weighted by Crippen LogP contribution is -2.59. The Morgan fingerprint density at radius 1 is 1.10 bits per heavy atom. The number of amides is 1. The summed E-state index contributed by atoms with van der Waals surface area (Å²) in [7, 11) is 1.87. The summed E-state index contributed by atoms with van der Waals surface area (Å²) in [4.78, 5) is 14.6. The molecule has 5 rings (SSSR count). The van der Waals surface area contributed by atoms with Crippen molar-refractivity contribution in [3.63, 3.8) is 0 Å². The monoisotopic (exact) mass is 384 g/mol. The van der Waals surface area contributed by atoms with Crippen LogP contribution in [0, 0.1) is 17.8 Å². The van der Waals surface area contributed by atoms with Gasteiger partial charge < -0.3 is 10.2 Å². The first-order valence-corrected chi connectivity index (χ1v) is 10.9. The summed E-state index contributed by atoms with van der Waals surface area (Å²) >= 11 is 0. The number of carbonyl (C=O) groups is 1. The molecule has 1 heterocycles. The SMILES string of the molecule is CN(C(=O)C#Cc1ccccc1)c1cccc2c1C[C@H]1NCC[C@@]23CCCC[C@@H]13. The molecular weight excluding hydrogens is 356 g/mol. The molecule has 0 radical (unpaired) electrons. The highest BCUT2D eigenvalue weighted by Gasteiger charge is 2.51. The van der Waals surface area contributed by atoms with E-state index >= 15 is 0 Å². The van der Waals surface area contributed by atoms with E-state index in [1.54, 1.807) is 4.90 Å². The molecule has 148 valence electrons. The van der Waals surface area contributed by atoms with Gasteiger partial charge >= 0.3 is 5.91 Å². The fourth-order valence-electron chi connectivity index (χ4n) is 6.10. The molecule has 0 unspecified atom stereocenters. The molecule has 1 N–H and O–H groups in total. The number of fused-ring (bicyclic) bond motifs is 1. The van der Waals surface area contributed by atoms with Crippen molar-refractivity contribution in [2.24, 2.45) is 5.92 Å². The lowest BCUT2D eigenvalue weighted by Gasteiger charge is -2.56. The van der Waals surface area contributed by atoms with Gasteiger partial charge in [0.1, 0.15) is 0 Å². The number of piperidine rings is 1. The second-order valence-electron chi connectivity index (χ2n) is 8.81. The van der Waals surface area contributed by atoms with Crippen LogP contribution in [-0.2, 0) is 16.6 Å². The maximum Gasteiger partial charge on any atom is 0.302 e. The zero-order chi connectivity index (χ0) is 19.8. The topological polar surface area (TPSA) is 32.3 Å². The zero-order valence-electron chi connectivity index (χ0n) is 17.1. The van der Waals surface area contributed by atoms with Crippen LogP contribution in [0.15, 0.2) is 48.5 Å². The summed E-state index contributed by atoms with van der Waals surface area (Å²) in [5.74, 6) is 6.43. The molecule has 0 aromatic heterocycles. The van der Waals surface area contributed by atoms with Crippen LogP contribution in [0.25, 0.3) is 0 Å². The Morgan fingerprint density at radius 3 is 2.83 bits per heavy atom. The molecule has 3 aliphatic rings. The molecule has 2 aromatic rings. The third-order valence-electron chi connectivity index (χ3n) is 7.43. The third-order valence-corrected chi connectivity index (χ3v) is 7.43. The normalized spacial score (nSPS) is 27.1. The van der Waals surface area contributed by atoms with E-state index in [4.69, 9.17) is 0 Å². The van der Waals surface area contributed by atoms with Crippen molar-refractivity contribution in [3.05, 3.63) is 65.2 Å². The van der Waals surface area contributed by atoms with Gasteiger partial charge in [0.25, 0.3) is 0 Å². The second-order valence-corrected chi connectivity index (χ2v) is 8.81. The van der Waals surface area contributed by atoms with Gasteiger partial charge in [-0.15, -0.1) is 0 Å². The Bertz CT molecular complexity index is 983. The Balaban J connectivity index is 1.50. The van der Waals surface area contributed by atoms with Crippen LogP contribution >= 0.6 is 0 Å². The third kappa shape index (κ3) is 3.07. The molecule has 3 nitrogen and oxygen atoms in total. The predicted octanol–water partition coefficient (Wildman–Crippen LogP) is 4.05. The van der Waals surface area contributed by atoms with Crippen LogP contribution in [0.2, 0.25) is 0 Å². The van der Waals surface area contributed by atoms with Gasteiger partial charge in [-0.25, -0.2) is 0 Å². The molecule has 1 aliphatic heterocycles. The number of hydrogen-bond acceptors (Lipinski definition) is 2. The first-order valence-electron chi connectivity index (χ1n) is 10.9. The minimum atomic E-state index is -0.149. The summed E-state index contributed by atoms with van der Waals surface area (Å²) in [6, 6.07) is 16.8. The van der Waals surface area contributed by atoms with Gasteiger partial charge in [-0.1, -0.05) is 49.1 Å². The number of benzene rings is 2. The molecule has 0 spiro atoms. The molecule has 3 atom stereocenters. The van der Waals surface area contributed by atoms with Crippen LogP contribution < -0.4 is 10.2 Å². The van der Waals surface area contributed by atoms with Crippen molar-refractivity contribution in [1.82, 2.24) is 5.32 Å². The standard InChI is InChI=1S/C26H28N2O/c1-28(25(29)14-13-19-8-3-2-4-9-19)24-12-7-11-21-20(24)18-23-22-10-5-6-15-26(21,22)16-17-27-23/h2-4,7-9,11-12,22-23,27H,5-6,10,15-18H2,1H3/t22-,23+,26-/m0/s1. The van der Waals surface area contributed by atoms with E-state index in [1.807, 2.05) is 37.4 Å². The quantitative estimate of drug-likeness (QED) is 0.753. The highest BCUT2D eigenvalue weighted by atomic mass is 16.2. The van der Waals surface area contributed by atoms with Crippen molar-refractivity contribution >= 4 is 11.6 Å². The number of rotatable bonds is 1. The smallest absolute Gasteiger partial charge is 0.302 e. The Labute approximate surface area is 173 Å². The summed E-state index contributed by atoms with van der Waals surface area (Å²) in [6.07, 6.45) is 7.53. The molecule has 2 bridgehead atoms. The summed E-state index contributed by atoms with van der Waals surface area (Å²) in [5, 5.41) is 3.80. The highest BCUT2D eigenvalue weighted by molar-refractivity contribution is 6.06. The maximum absolute atomic E-state index is 12.9. The van der Waals surface area contributed by atoms with E-state index in [0.29, 0.717) is 11.5 Å². The number of anilines is 1. The van der Waals surface area contributed by atoms with E-state index < -0.39 is 0 Å².